The Labute approximate surface area is 104 Å². The Bertz CT molecular complexity index is 514. The second kappa shape index (κ2) is 4.75. The second-order valence-corrected chi connectivity index (χ2v) is 5.00. The Kier molecular flexibility index (Phi) is 3.33. The molecule has 5 nitrogen and oxygen atoms in total. The van der Waals surface area contributed by atoms with Crippen LogP contribution in [-0.2, 0) is 0 Å². The van der Waals surface area contributed by atoms with Crippen LogP contribution in [0.25, 0.3) is 5.95 Å². The zero-order valence-corrected chi connectivity index (χ0v) is 11.0. The molecule has 0 radical (unpaired) electrons. The third kappa shape index (κ3) is 2.41. The predicted octanol–water partition coefficient (Wildman–Crippen LogP) is 1.97. The van der Waals surface area contributed by atoms with Crippen molar-refractivity contribution < 1.29 is 0 Å². The molecule has 2 N–H and O–H groups in total. The summed E-state index contributed by atoms with van der Waals surface area (Å²) in [7, 11) is 0. The maximum absolute atomic E-state index is 6.02. The van der Waals surface area contributed by atoms with Crippen molar-refractivity contribution in [3.8, 4) is 5.95 Å². The van der Waals surface area contributed by atoms with E-state index in [1.807, 2.05) is 19.9 Å². The van der Waals surface area contributed by atoms with Gasteiger partial charge in [-0.25, -0.2) is 9.97 Å². The number of hydrogen-bond donors (Lipinski definition) is 1. The first-order valence-corrected chi connectivity index (χ1v) is 6.39. The van der Waals surface area contributed by atoms with Crippen LogP contribution in [0.4, 0.5) is 5.82 Å². The number of rotatable bonds is 3. The fraction of sp³-hybridized carbons (Fsp3) is 0.364. The highest BCUT2D eigenvalue weighted by Gasteiger charge is 2.11. The van der Waals surface area contributed by atoms with Gasteiger partial charge in [-0.3, -0.25) is 0 Å². The summed E-state index contributed by atoms with van der Waals surface area (Å²) in [6.07, 6.45) is 1.75. The fourth-order valence-corrected chi connectivity index (χ4v) is 2.24. The van der Waals surface area contributed by atoms with E-state index in [1.54, 1.807) is 22.6 Å². The van der Waals surface area contributed by atoms with Crippen molar-refractivity contribution >= 4 is 17.6 Å². The standard InChI is InChI=1S/C11H15N5S/c1-4-17-9-6-13-16(10(9)12)11-14-7(2)5-8(3)15-11/h5-6H,4,12H2,1-3H3. The third-order valence-electron chi connectivity index (χ3n) is 2.23. The Morgan fingerprint density at radius 1 is 1.29 bits per heavy atom. The highest BCUT2D eigenvalue weighted by atomic mass is 32.2. The third-order valence-corrected chi connectivity index (χ3v) is 3.15. The smallest absolute Gasteiger partial charge is 0.252 e. The molecule has 0 aliphatic rings. The van der Waals surface area contributed by atoms with E-state index in [0.717, 1.165) is 22.0 Å². The SMILES string of the molecule is CCSc1cnn(-c2nc(C)cc(C)n2)c1N. The van der Waals surface area contributed by atoms with Gasteiger partial charge in [0.2, 0.25) is 0 Å². The monoisotopic (exact) mass is 249 g/mol. The van der Waals surface area contributed by atoms with Gasteiger partial charge in [0, 0.05) is 11.4 Å². The van der Waals surface area contributed by atoms with Crippen LogP contribution < -0.4 is 5.73 Å². The lowest BCUT2D eigenvalue weighted by molar-refractivity contribution is 0.802. The molecule has 0 saturated heterocycles. The highest BCUT2D eigenvalue weighted by molar-refractivity contribution is 7.99. The van der Waals surface area contributed by atoms with Crippen LogP contribution in [0.15, 0.2) is 17.2 Å². The van der Waals surface area contributed by atoms with Gasteiger partial charge in [0.05, 0.1) is 11.1 Å². The minimum absolute atomic E-state index is 0.531. The van der Waals surface area contributed by atoms with Gasteiger partial charge in [0.1, 0.15) is 5.82 Å². The first-order valence-electron chi connectivity index (χ1n) is 5.40. The van der Waals surface area contributed by atoms with E-state index in [0.29, 0.717) is 11.8 Å². The van der Waals surface area contributed by atoms with Gasteiger partial charge in [0.15, 0.2) is 0 Å². The van der Waals surface area contributed by atoms with Gasteiger partial charge in [-0.1, -0.05) is 6.92 Å². The molecule has 0 saturated carbocycles. The minimum atomic E-state index is 0.531. The summed E-state index contributed by atoms with van der Waals surface area (Å²) >= 11 is 1.66. The van der Waals surface area contributed by atoms with Crippen molar-refractivity contribution in [2.45, 2.75) is 25.7 Å². The van der Waals surface area contributed by atoms with E-state index in [9.17, 15) is 0 Å². The molecule has 0 atom stereocenters. The molecule has 17 heavy (non-hydrogen) atoms. The van der Waals surface area contributed by atoms with Crippen LogP contribution in [0.2, 0.25) is 0 Å². The first-order chi connectivity index (χ1) is 8.11. The average molecular weight is 249 g/mol. The predicted molar refractivity (Wildman–Crippen MR) is 69.4 cm³/mol. The number of anilines is 1. The van der Waals surface area contributed by atoms with E-state index in [-0.39, 0.29) is 0 Å². The van der Waals surface area contributed by atoms with Crippen LogP contribution in [0.5, 0.6) is 0 Å². The van der Waals surface area contributed by atoms with Crippen molar-refractivity contribution in [1.29, 1.82) is 0 Å². The number of nitrogens with zero attached hydrogens (tertiary/aromatic N) is 4. The van der Waals surface area contributed by atoms with E-state index in [1.165, 1.54) is 0 Å². The quantitative estimate of drug-likeness (QED) is 0.842. The van der Waals surface area contributed by atoms with Crippen LogP contribution in [0, 0.1) is 13.8 Å². The van der Waals surface area contributed by atoms with Crippen LogP contribution in [-0.4, -0.2) is 25.5 Å². The molecule has 90 valence electrons. The largest absolute Gasteiger partial charge is 0.383 e. The normalized spacial score (nSPS) is 10.8. The van der Waals surface area contributed by atoms with Crippen molar-refractivity contribution in [1.82, 2.24) is 19.7 Å². The number of aryl methyl sites for hydroxylation is 2. The molecule has 0 bridgehead atoms. The average Bonchev–Trinajstić information content (AvgIpc) is 2.60. The van der Waals surface area contributed by atoms with E-state index >= 15 is 0 Å². The highest BCUT2D eigenvalue weighted by Crippen LogP contribution is 2.25. The molecule has 0 fully saturated rings. The first kappa shape index (κ1) is 11.9. The number of nitrogens with two attached hydrogens (primary N) is 1. The van der Waals surface area contributed by atoms with E-state index < -0.39 is 0 Å². The van der Waals surface area contributed by atoms with Crippen molar-refractivity contribution in [2.24, 2.45) is 0 Å². The molecular formula is C11H15N5S. The zero-order chi connectivity index (χ0) is 12.4. The number of hydrogen-bond acceptors (Lipinski definition) is 5. The summed E-state index contributed by atoms with van der Waals surface area (Å²) in [5.74, 6) is 2.09. The molecule has 0 unspecified atom stereocenters. The van der Waals surface area contributed by atoms with Crippen LogP contribution in [0.1, 0.15) is 18.3 Å². The van der Waals surface area contributed by atoms with Gasteiger partial charge in [-0.15, -0.1) is 11.8 Å². The number of aromatic nitrogens is 4. The molecule has 0 spiro atoms. The summed E-state index contributed by atoms with van der Waals surface area (Å²) in [5, 5.41) is 4.23. The number of thioether (sulfide) groups is 1. The van der Waals surface area contributed by atoms with Gasteiger partial charge in [-0.2, -0.15) is 9.78 Å². The molecule has 0 aliphatic carbocycles. The summed E-state index contributed by atoms with van der Waals surface area (Å²) < 4.78 is 1.58. The van der Waals surface area contributed by atoms with Crippen molar-refractivity contribution in [2.75, 3.05) is 11.5 Å². The lowest BCUT2D eigenvalue weighted by Crippen LogP contribution is -2.08. The van der Waals surface area contributed by atoms with Crippen molar-refractivity contribution in [3.05, 3.63) is 23.7 Å². The molecule has 2 rings (SSSR count). The topological polar surface area (TPSA) is 69.6 Å². The van der Waals surface area contributed by atoms with E-state index in [2.05, 4.69) is 22.0 Å². The van der Waals surface area contributed by atoms with Crippen LogP contribution in [0.3, 0.4) is 0 Å². The number of nitrogen functional groups attached to an aromatic ring is 1. The maximum atomic E-state index is 6.02. The molecule has 2 aromatic heterocycles. The lowest BCUT2D eigenvalue weighted by Gasteiger charge is -2.05. The van der Waals surface area contributed by atoms with Crippen molar-refractivity contribution in [3.63, 3.8) is 0 Å². The maximum Gasteiger partial charge on any atom is 0.252 e. The Balaban J connectivity index is 2.45. The second-order valence-electron chi connectivity index (χ2n) is 3.69. The molecule has 0 amide bonds. The molecule has 6 heteroatoms. The Morgan fingerprint density at radius 3 is 2.53 bits per heavy atom. The van der Waals surface area contributed by atoms with Gasteiger partial charge in [0.25, 0.3) is 5.95 Å². The van der Waals surface area contributed by atoms with E-state index in [4.69, 9.17) is 5.73 Å². The zero-order valence-electron chi connectivity index (χ0n) is 10.1. The van der Waals surface area contributed by atoms with Gasteiger partial charge >= 0.3 is 0 Å². The summed E-state index contributed by atoms with van der Waals surface area (Å²) in [5.41, 5.74) is 7.84. The fourth-order valence-electron chi connectivity index (χ4n) is 1.57. The Morgan fingerprint density at radius 2 is 1.94 bits per heavy atom. The van der Waals surface area contributed by atoms with Gasteiger partial charge in [-0.05, 0) is 25.7 Å². The lowest BCUT2D eigenvalue weighted by atomic mass is 10.4. The molecule has 0 aromatic carbocycles. The molecular weight excluding hydrogens is 234 g/mol. The summed E-state index contributed by atoms with van der Waals surface area (Å²) in [6.45, 7) is 5.94. The molecule has 2 heterocycles. The minimum Gasteiger partial charge on any atom is -0.383 e. The summed E-state index contributed by atoms with van der Waals surface area (Å²) in [6, 6.07) is 1.92. The summed E-state index contributed by atoms with van der Waals surface area (Å²) in [4.78, 5) is 9.65. The van der Waals surface area contributed by atoms with Crippen LogP contribution >= 0.6 is 11.8 Å². The molecule has 2 aromatic rings. The van der Waals surface area contributed by atoms with Gasteiger partial charge < -0.3 is 5.73 Å². The molecule has 0 aliphatic heterocycles. The Hall–Kier alpha value is -1.56.